The lowest BCUT2D eigenvalue weighted by atomic mass is 9.97. The lowest BCUT2D eigenvalue weighted by Gasteiger charge is -2.10. The van der Waals surface area contributed by atoms with Gasteiger partial charge in [0.2, 0.25) is 0 Å². The molecule has 0 bridgehead atoms. The summed E-state index contributed by atoms with van der Waals surface area (Å²) in [5, 5.41) is 14.7. The van der Waals surface area contributed by atoms with Crippen molar-refractivity contribution in [1.82, 2.24) is 29.2 Å². The number of esters is 1. The Balaban J connectivity index is 1.82. The van der Waals surface area contributed by atoms with Gasteiger partial charge in [0, 0.05) is 4.88 Å². The standard InChI is InChI=1S/C15H14N6O2S2/c1-23-10(22)6-24-15-19-18-14-20(15)13-11(12-16-7-17-21(12)14)8-4-2-3-5-9(8)25-13/h7H,2-6H2,1H3. The predicted octanol–water partition coefficient (Wildman–Crippen LogP) is 2.13. The van der Waals surface area contributed by atoms with Gasteiger partial charge in [-0.05, 0) is 31.2 Å². The number of aryl methyl sites for hydroxylation is 2. The van der Waals surface area contributed by atoms with Crippen LogP contribution in [0.1, 0.15) is 23.3 Å². The fourth-order valence-corrected chi connectivity index (χ4v) is 5.56. The van der Waals surface area contributed by atoms with Crippen LogP contribution < -0.4 is 0 Å². The Morgan fingerprint density at radius 2 is 2.24 bits per heavy atom. The Kier molecular flexibility index (Phi) is 3.42. The fraction of sp³-hybridized carbons (Fsp3) is 0.400. The van der Waals surface area contributed by atoms with Crippen molar-refractivity contribution in [1.29, 1.82) is 0 Å². The SMILES string of the molecule is COC(=O)CSc1nnc2n3ncnc3c3c4c(sc3n12)CCCC4. The van der Waals surface area contributed by atoms with Crippen molar-refractivity contribution in [3.05, 3.63) is 16.8 Å². The zero-order valence-corrected chi connectivity index (χ0v) is 15.1. The first-order valence-corrected chi connectivity index (χ1v) is 9.79. The Morgan fingerprint density at radius 1 is 1.36 bits per heavy atom. The molecular formula is C15H14N6O2S2. The number of thiophene rings is 1. The van der Waals surface area contributed by atoms with Gasteiger partial charge in [0.25, 0.3) is 5.78 Å². The first kappa shape index (κ1) is 15.1. The Hall–Kier alpha value is -2.20. The van der Waals surface area contributed by atoms with E-state index in [1.54, 1.807) is 22.2 Å². The van der Waals surface area contributed by atoms with Crippen LogP contribution in [0.4, 0.5) is 0 Å². The van der Waals surface area contributed by atoms with Crippen molar-refractivity contribution in [3.63, 3.8) is 0 Å². The number of hydrogen-bond acceptors (Lipinski definition) is 8. The number of fused-ring (bicyclic) bond motifs is 8. The van der Waals surface area contributed by atoms with Crippen LogP contribution in [0.2, 0.25) is 0 Å². The van der Waals surface area contributed by atoms with Gasteiger partial charge in [0.05, 0.1) is 18.2 Å². The van der Waals surface area contributed by atoms with Crippen LogP contribution >= 0.6 is 23.1 Å². The highest BCUT2D eigenvalue weighted by atomic mass is 32.2. The van der Waals surface area contributed by atoms with E-state index in [0.29, 0.717) is 10.9 Å². The maximum atomic E-state index is 11.5. The summed E-state index contributed by atoms with van der Waals surface area (Å²) < 4.78 is 8.46. The molecule has 0 saturated carbocycles. The van der Waals surface area contributed by atoms with E-state index in [1.807, 2.05) is 4.40 Å². The second-order valence-electron chi connectivity index (χ2n) is 5.87. The molecule has 128 valence electrons. The number of carbonyl (C=O) groups is 1. The second kappa shape index (κ2) is 5.67. The smallest absolute Gasteiger partial charge is 0.316 e. The highest BCUT2D eigenvalue weighted by molar-refractivity contribution is 7.99. The van der Waals surface area contributed by atoms with Gasteiger partial charge in [0.1, 0.15) is 11.2 Å². The molecule has 4 aromatic heterocycles. The molecule has 0 aromatic carbocycles. The summed E-state index contributed by atoms with van der Waals surface area (Å²) in [4.78, 5) is 18.5. The Labute approximate surface area is 150 Å². The normalized spacial score (nSPS) is 14.4. The zero-order valence-electron chi connectivity index (χ0n) is 13.4. The lowest BCUT2D eigenvalue weighted by Crippen LogP contribution is -2.04. The van der Waals surface area contributed by atoms with E-state index in [4.69, 9.17) is 4.74 Å². The number of methoxy groups -OCH3 is 1. The molecule has 25 heavy (non-hydrogen) atoms. The van der Waals surface area contributed by atoms with E-state index in [9.17, 15) is 4.79 Å². The summed E-state index contributed by atoms with van der Waals surface area (Å²) in [7, 11) is 1.38. The zero-order chi connectivity index (χ0) is 17.0. The molecule has 0 atom stereocenters. The van der Waals surface area contributed by atoms with Gasteiger partial charge in [-0.25, -0.2) is 9.38 Å². The van der Waals surface area contributed by atoms with Crippen molar-refractivity contribution in [2.24, 2.45) is 0 Å². The molecule has 0 N–H and O–H groups in total. The third-order valence-corrected chi connectivity index (χ3v) is 6.66. The van der Waals surface area contributed by atoms with Crippen LogP contribution in [0.5, 0.6) is 0 Å². The number of carbonyl (C=O) groups excluding carboxylic acids is 1. The molecule has 0 unspecified atom stereocenters. The molecule has 0 amide bonds. The first-order valence-electron chi connectivity index (χ1n) is 7.98. The molecule has 4 aromatic rings. The number of aromatic nitrogens is 6. The van der Waals surface area contributed by atoms with Crippen molar-refractivity contribution in [2.75, 3.05) is 12.9 Å². The minimum absolute atomic E-state index is 0.194. The van der Waals surface area contributed by atoms with E-state index in [-0.39, 0.29) is 11.7 Å². The van der Waals surface area contributed by atoms with Crippen LogP contribution in [-0.2, 0) is 22.4 Å². The quantitative estimate of drug-likeness (QED) is 0.401. The summed E-state index contributed by atoms with van der Waals surface area (Å²) in [6, 6.07) is 0. The minimum Gasteiger partial charge on any atom is -0.468 e. The summed E-state index contributed by atoms with van der Waals surface area (Å²) in [6.45, 7) is 0. The summed E-state index contributed by atoms with van der Waals surface area (Å²) in [5.41, 5.74) is 2.21. The number of thioether (sulfide) groups is 1. The summed E-state index contributed by atoms with van der Waals surface area (Å²) >= 11 is 3.10. The van der Waals surface area contributed by atoms with E-state index >= 15 is 0 Å². The largest absolute Gasteiger partial charge is 0.468 e. The average Bonchev–Trinajstić information content (AvgIpc) is 3.34. The lowest BCUT2D eigenvalue weighted by molar-refractivity contribution is -0.137. The van der Waals surface area contributed by atoms with Crippen molar-refractivity contribution >= 4 is 50.7 Å². The minimum atomic E-state index is -0.287. The van der Waals surface area contributed by atoms with E-state index in [0.717, 1.165) is 28.7 Å². The number of nitrogens with zero attached hydrogens (tertiary/aromatic N) is 6. The molecule has 4 heterocycles. The van der Waals surface area contributed by atoms with Gasteiger partial charge in [-0.1, -0.05) is 11.8 Å². The monoisotopic (exact) mass is 374 g/mol. The van der Waals surface area contributed by atoms with Gasteiger partial charge in [-0.15, -0.1) is 21.5 Å². The van der Waals surface area contributed by atoms with Gasteiger partial charge >= 0.3 is 5.97 Å². The van der Waals surface area contributed by atoms with E-state index in [1.165, 1.54) is 42.2 Å². The van der Waals surface area contributed by atoms with Crippen molar-refractivity contribution < 1.29 is 9.53 Å². The van der Waals surface area contributed by atoms with Crippen molar-refractivity contribution in [3.8, 4) is 0 Å². The number of ether oxygens (including phenoxy) is 1. The molecule has 1 aliphatic rings. The molecule has 0 spiro atoms. The molecule has 0 radical (unpaired) electrons. The molecule has 1 aliphatic carbocycles. The fourth-order valence-electron chi connectivity index (χ4n) is 3.35. The molecule has 0 aliphatic heterocycles. The van der Waals surface area contributed by atoms with Crippen LogP contribution in [-0.4, -0.2) is 48.0 Å². The van der Waals surface area contributed by atoms with Crippen LogP contribution in [0, 0.1) is 0 Å². The first-order chi connectivity index (χ1) is 12.3. The van der Waals surface area contributed by atoms with Gasteiger partial charge in [-0.2, -0.15) is 9.61 Å². The number of rotatable bonds is 3. The molecule has 8 nitrogen and oxygen atoms in total. The Morgan fingerprint density at radius 3 is 3.12 bits per heavy atom. The van der Waals surface area contributed by atoms with Crippen LogP contribution in [0.25, 0.3) is 21.6 Å². The average molecular weight is 374 g/mol. The molecule has 0 saturated heterocycles. The third kappa shape index (κ3) is 2.17. The maximum absolute atomic E-state index is 11.5. The number of hydrogen-bond donors (Lipinski definition) is 0. The maximum Gasteiger partial charge on any atom is 0.316 e. The summed E-state index contributed by atoms with van der Waals surface area (Å²) in [5.74, 6) is 0.524. The van der Waals surface area contributed by atoms with E-state index < -0.39 is 0 Å². The van der Waals surface area contributed by atoms with Gasteiger partial charge in [0.15, 0.2) is 10.8 Å². The third-order valence-electron chi connectivity index (χ3n) is 4.48. The molecule has 10 heteroatoms. The predicted molar refractivity (Wildman–Crippen MR) is 94.3 cm³/mol. The van der Waals surface area contributed by atoms with E-state index in [2.05, 4.69) is 20.3 Å². The summed E-state index contributed by atoms with van der Waals surface area (Å²) in [6.07, 6.45) is 6.14. The topological polar surface area (TPSA) is 86.7 Å². The highest BCUT2D eigenvalue weighted by Gasteiger charge is 2.24. The highest BCUT2D eigenvalue weighted by Crippen LogP contribution is 2.39. The van der Waals surface area contributed by atoms with Gasteiger partial charge < -0.3 is 4.74 Å². The molecule has 5 rings (SSSR count). The van der Waals surface area contributed by atoms with Gasteiger partial charge in [-0.3, -0.25) is 4.79 Å². The molecular weight excluding hydrogens is 360 g/mol. The Bertz CT molecular complexity index is 1130. The molecule has 0 fully saturated rings. The van der Waals surface area contributed by atoms with Crippen LogP contribution in [0.15, 0.2) is 11.5 Å². The second-order valence-corrected chi connectivity index (χ2v) is 7.90. The van der Waals surface area contributed by atoms with Crippen molar-refractivity contribution in [2.45, 2.75) is 30.8 Å². The van der Waals surface area contributed by atoms with Crippen LogP contribution in [0.3, 0.4) is 0 Å².